The SMILES string of the molecule is [C-]#[N+]c1ccccc1N(c1ccccc1)c1ccc2cc3c(cc2c1)C1(c2ccccc2-c2ccccc21)c1c-3ccc2cc(N(c3ccccc3)c3ccccc3C#N)ccc12. The molecule has 10 aromatic carbocycles. The Bertz CT molecular complexity index is 3510. The molecule has 0 radical (unpaired) electrons. The molecule has 0 bridgehead atoms. The Labute approximate surface area is 366 Å². The maximum atomic E-state index is 10.3. The van der Waals surface area contributed by atoms with Crippen LogP contribution >= 0.6 is 0 Å². The molecule has 0 aliphatic heterocycles. The van der Waals surface area contributed by atoms with Crippen molar-refractivity contribution < 1.29 is 0 Å². The topological polar surface area (TPSA) is 34.6 Å². The lowest BCUT2D eigenvalue weighted by molar-refractivity contribution is 0.802. The summed E-state index contributed by atoms with van der Waals surface area (Å²) in [5.41, 5.74) is 16.3. The van der Waals surface area contributed by atoms with Crippen LogP contribution in [0.25, 0.3) is 48.6 Å². The van der Waals surface area contributed by atoms with Gasteiger partial charge in [0, 0.05) is 22.7 Å². The zero-order valence-electron chi connectivity index (χ0n) is 34.1. The van der Waals surface area contributed by atoms with Crippen molar-refractivity contribution in [3.05, 3.63) is 258 Å². The Morgan fingerprint density at radius 1 is 0.413 bits per heavy atom. The molecule has 0 N–H and O–H groups in total. The smallest absolute Gasteiger partial charge is 0.210 e. The van der Waals surface area contributed by atoms with Gasteiger partial charge in [-0.15, -0.1) is 0 Å². The first-order valence-corrected chi connectivity index (χ1v) is 21.2. The van der Waals surface area contributed by atoms with E-state index in [1.165, 1.54) is 49.9 Å². The second-order valence-corrected chi connectivity index (χ2v) is 16.2. The van der Waals surface area contributed by atoms with Gasteiger partial charge in [-0.25, -0.2) is 4.85 Å². The molecule has 0 saturated carbocycles. The Kier molecular flexibility index (Phi) is 8.16. The van der Waals surface area contributed by atoms with Crippen LogP contribution in [0, 0.1) is 17.9 Å². The van der Waals surface area contributed by atoms with E-state index in [2.05, 4.69) is 154 Å². The molecule has 0 aromatic heterocycles. The summed E-state index contributed by atoms with van der Waals surface area (Å²) < 4.78 is 0. The van der Waals surface area contributed by atoms with Crippen molar-refractivity contribution in [3.63, 3.8) is 0 Å². The van der Waals surface area contributed by atoms with Gasteiger partial charge in [0.15, 0.2) is 0 Å². The number of anilines is 6. The normalized spacial score (nSPS) is 12.5. The molecule has 0 amide bonds. The van der Waals surface area contributed by atoms with Crippen LogP contribution in [0.5, 0.6) is 0 Å². The minimum absolute atomic E-state index is 0.592. The van der Waals surface area contributed by atoms with Gasteiger partial charge in [0.25, 0.3) is 0 Å². The summed E-state index contributed by atoms with van der Waals surface area (Å²) in [5, 5.41) is 14.8. The van der Waals surface area contributed by atoms with E-state index in [9.17, 15) is 5.26 Å². The summed E-state index contributed by atoms with van der Waals surface area (Å²) in [6.07, 6.45) is 0. The van der Waals surface area contributed by atoms with Gasteiger partial charge >= 0.3 is 0 Å². The Morgan fingerprint density at radius 2 is 0.968 bits per heavy atom. The predicted molar refractivity (Wildman–Crippen MR) is 258 cm³/mol. The fraction of sp³-hybridized carbons (Fsp3) is 0.0169. The molecular weight excluding hydrogens is 765 g/mol. The van der Waals surface area contributed by atoms with Gasteiger partial charge in [0.05, 0.1) is 28.9 Å². The number of nitriles is 1. The number of hydrogen-bond donors (Lipinski definition) is 0. The molecule has 4 nitrogen and oxygen atoms in total. The molecule has 12 rings (SSSR count). The molecule has 0 heterocycles. The van der Waals surface area contributed by atoms with E-state index in [1.54, 1.807) is 0 Å². The number of fused-ring (bicyclic) bond motifs is 13. The fourth-order valence-electron chi connectivity index (χ4n) is 10.5. The number of para-hydroxylation sites is 5. The van der Waals surface area contributed by atoms with Crippen molar-refractivity contribution in [3.8, 4) is 28.3 Å². The van der Waals surface area contributed by atoms with Gasteiger partial charge in [0.1, 0.15) is 6.07 Å². The second-order valence-electron chi connectivity index (χ2n) is 16.2. The van der Waals surface area contributed by atoms with Gasteiger partial charge in [-0.05, 0) is 145 Å². The van der Waals surface area contributed by atoms with Gasteiger partial charge in [-0.2, -0.15) is 5.26 Å². The molecule has 10 aromatic rings. The largest absolute Gasteiger partial charge is 0.320 e. The van der Waals surface area contributed by atoms with Gasteiger partial charge in [-0.3, -0.25) is 0 Å². The second kappa shape index (κ2) is 14.2. The molecule has 0 fully saturated rings. The lowest BCUT2D eigenvalue weighted by Crippen LogP contribution is -2.26. The number of rotatable bonds is 6. The van der Waals surface area contributed by atoms with Crippen LogP contribution in [0.3, 0.4) is 0 Å². The van der Waals surface area contributed by atoms with Gasteiger partial charge in [-0.1, -0.05) is 140 Å². The summed E-state index contributed by atoms with van der Waals surface area (Å²) in [6, 6.07) is 79.5. The highest BCUT2D eigenvalue weighted by atomic mass is 15.2. The Balaban J connectivity index is 1.11. The highest BCUT2D eigenvalue weighted by Crippen LogP contribution is 2.64. The fourth-order valence-corrected chi connectivity index (χ4v) is 10.5. The summed E-state index contributed by atoms with van der Waals surface area (Å²) in [4.78, 5) is 8.32. The van der Waals surface area contributed by atoms with E-state index in [1.807, 2.05) is 84.9 Å². The third-order valence-electron chi connectivity index (χ3n) is 13.0. The zero-order valence-corrected chi connectivity index (χ0v) is 34.1. The van der Waals surface area contributed by atoms with Crippen molar-refractivity contribution in [1.29, 1.82) is 5.26 Å². The summed E-state index contributed by atoms with van der Waals surface area (Å²) in [7, 11) is 0. The van der Waals surface area contributed by atoms with E-state index < -0.39 is 5.41 Å². The lowest BCUT2D eigenvalue weighted by atomic mass is 9.69. The van der Waals surface area contributed by atoms with Crippen LogP contribution in [0.4, 0.5) is 39.8 Å². The van der Waals surface area contributed by atoms with Crippen molar-refractivity contribution in [2.75, 3.05) is 9.80 Å². The summed E-state index contributed by atoms with van der Waals surface area (Å²) >= 11 is 0. The molecular formula is C59H36N4. The molecule has 63 heavy (non-hydrogen) atoms. The van der Waals surface area contributed by atoms with Crippen LogP contribution in [0.1, 0.15) is 27.8 Å². The molecule has 0 atom stereocenters. The van der Waals surface area contributed by atoms with E-state index in [0.29, 0.717) is 11.3 Å². The molecule has 0 unspecified atom stereocenters. The average Bonchev–Trinajstić information content (AvgIpc) is 3.81. The first kappa shape index (κ1) is 36.2. The quantitative estimate of drug-likeness (QED) is 0.157. The maximum absolute atomic E-state index is 10.3. The van der Waals surface area contributed by atoms with E-state index in [-0.39, 0.29) is 0 Å². The first-order chi connectivity index (χ1) is 31.2. The van der Waals surface area contributed by atoms with Crippen molar-refractivity contribution in [1.82, 2.24) is 0 Å². The lowest BCUT2D eigenvalue weighted by Gasteiger charge is -2.32. The number of benzene rings is 10. The number of hydrogen-bond acceptors (Lipinski definition) is 3. The van der Waals surface area contributed by atoms with Crippen LogP contribution in [-0.2, 0) is 5.41 Å². The van der Waals surface area contributed by atoms with E-state index in [4.69, 9.17) is 6.57 Å². The highest BCUT2D eigenvalue weighted by molar-refractivity contribution is 6.07. The van der Waals surface area contributed by atoms with Crippen LogP contribution in [0.15, 0.2) is 218 Å². The van der Waals surface area contributed by atoms with Crippen LogP contribution in [-0.4, -0.2) is 0 Å². The zero-order chi connectivity index (χ0) is 42.1. The molecule has 0 saturated heterocycles. The Morgan fingerprint density at radius 3 is 1.65 bits per heavy atom. The standard InChI is InChI=1S/C59H36N4/c1-61-55-25-13-15-27-57(55)63(44-19-6-3-7-20-44)45-30-28-39-36-51-50-32-29-40-34-46(62(43-17-4-2-5-18-43)56-26-14-8-16-41(56)38-60)31-33-47(40)58(50)59(54(51)37-42(39)35-45)52-23-11-9-21-48(52)49-22-10-12-24-53(49)59/h2-37H. The van der Waals surface area contributed by atoms with Crippen molar-refractivity contribution in [2.45, 2.75) is 5.41 Å². The Hall–Kier alpha value is -8.70. The van der Waals surface area contributed by atoms with E-state index >= 15 is 0 Å². The van der Waals surface area contributed by atoms with E-state index in [0.717, 1.165) is 50.3 Å². The monoisotopic (exact) mass is 800 g/mol. The molecule has 1 spiro atoms. The third-order valence-corrected chi connectivity index (χ3v) is 13.0. The maximum Gasteiger partial charge on any atom is 0.210 e. The van der Waals surface area contributed by atoms with Crippen LogP contribution in [0.2, 0.25) is 0 Å². The molecule has 2 aliphatic carbocycles. The molecule has 292 valence electrons. The van der Waals surface area contributed by atoms with Gasteiger partial charge < -0.3 is 9.80 Å². The minimum Gasteiger partial charge on any atom is -0.320 e. The number of nitrogens with zero attached hydrogens (tertiary/aromatic N) is 4. The predicted octanol–water partition coefficient (Wildman–Crippen LogP) is 15.7. The summed E-state index contributed by atoms with van der Waals surface area (Å²) in [6.45, 7) is 8.06. The highest BCUT2D eigenvalue weighted by Gasteiger charge is 2.52. The third kappa shape index (κ3) is 5.33. The van der Waals surface area contributed by atoms with Crippen molar-refractivity contribution in [2.24, 2.45) is 0 Å². The van der Waals surface area contributed by atoms with Crippen LogP contribution < -0.4 is 9.80 Å². The minimum atomic E-state index is -0.592. The molecule has 4 heteroatoms. The first-order valence-electron chi connectivity index (χ1n) is 21.2. The van der Waals surface area contributed by atoms with Crippen molar-refractivity contribution >= 4 is 61.4 Å². The average molecular weight is 801 g/mol. The van der Waals surface area contributed by atoms with Gasteiger partial charge in [0.2, 0.25) is 5.69 Å². The summed E-state index contributed by atoms with van der Waals surface area (Å²) in [5.74, 6) is 0. The molecule has 2 aliphatic rings.